The monoisotopic (exact) mass is 689 g/mol. The predicted molar refractivity (Wildman–Crippen MR) is 223 cm³/mol. The average Bonchev–Trinajstić information content (AvgIpc) is 3.79. The van der Waals surface area contributed by atoms with Crippen LogP contribution < -0.4 is 0 Å². The van der Waals surface area contributed by atoms with Crippen molar-refractivity contribution in [3.05, 3.63) is 188 Å². The maximum absolute atomic E-state index is 6.49. The number of hydrogen-bond donors (Lipinski definition) is 0. The average molecular weight is 690 g/mol. The van der Waals surface area contributed by atoms with Crippen LogP contribution in [0.15, 0.2) is 192 Å². The Morgan fingerprint density at radius 1 is 0.370 bits per heavy atom. The minimum atomic E-state index is 0.671. The van der Waals surface area contributed by atoms with Crippen molar-refractivity contribution in [2.24, 2.45) is 0 Å². The summed E-state index contributed by atoms with van der Waals surface area (Å²) in [6.07, 6.45) is 0. The molecule has 11 rings (SSSR count). The number of rotatable bonds is 5. The summed E-state index contributed by atoms with van der Waals surface area (Å²) in [5, 5.41) is 6.93. The molecule has 3 heterocycles. The van der Waals surface area contributed by atoms with E-state index in [2.05, 4.69) is 162 Å². The normalized spacial score (nSPS) is 11.7. The summed E-state index contributed by atoms with van der Waals surface area (Å²) in [7, 11) is 0. The zero-order valence-corrected chi connectivity index (χ0v) is 29.1. The molecule has 0 N–H and O–H groups in total. The predicted octanol–water partition coefficient (Wildman–Crippen LogP) is 13.3. The number of aromatic nitrogens is 3. The Bertz CT molecular complexity index is 3210. The topological polar surface area (TPSA) is 43.9 Å². The number of para-hydroxylation sites is 4. The lowest BCUT2D eigenvalue weighted by atomic mass is 9.92. The molecule has 8 aromatic carbocycles. The van der Waals surface area contributed by atoms with E-state index in [-0.39, 0.29) is 0 Å². The van der Waals surface area contributed by atoms with Crippen molar-refractivity contribution in [2.45, 2.75) is 0 Å². The Hall–Kier alpha value is -7.30. The molecule has 0 fully saturated rings. The van der Waals surface area contributed by atoms with Gasteiger partial charge in [-0.2, -0.15) is 0 Å². The summed E-state index contributed by atoms with van der Waals surface area (Å²) in [5.74, 6) is 0.671. The van der Waals surface area contributed by atoms with Gasteiger partial charge in [-0.3, -0.25) is 0 Å². The number of benzene rings is 8. The molecular weight excluding hydrogens is 659 g/mol. The lowest BCUT2D eigenvalue weighted by Gasteiger charge is -2.14. The maximum Gasteiger partial charge on any atom is 0.160 e. The van der Waals surface area contributed by atoms with Crippen LogP contribution in [0.2, 0.25) is 0 Å². The highest BCUT2D eigenvalue weighted by Gasteiger charge is 2.19. The van der Waals surface area contributed by atoms with Crippen LogP contribution in [0.4, 0.5) is 0 Å². The Morgan fingerprint density at radius 3 is 1.80 bits per heavy atom. The molecule has 54 heavy (non-hydrogen) atoms. The number of hydrogen-bond acceptors (Lipinski definition) is 3. The quantitative estimate of drug-likeness (QED) is 0.181. The SMILES string of the molecule is c1ccc(-c2nc(-c3ccc(-c4ccc5c(c4)c4ccccc4n5-c4ccccc4)c4ccccc34)cc(-c3cccc4c3oc3ccccc34)n2)cc1. The van der Waals surface area contributed by atoms with Crippen molar-refractivity contribution in [3.8, 4) is 50.7 Å². The first-order valence-corrected chi connectivity index (χ1v) is 18.2. The largest absolute Gasteiger partial charge is 0.455 e. The van der Waals surface area contributed by atoms with Crippen LogP contribution in [0.5, 0.6) is 0 Å². The molecule has 0 atom stereocenters. The molecule has 3 aromatic heterocycles. The van der Waals surface area contributed by atoms with Gasteiger partial charge in [-0.25, -0.2) is 9.97 Å². The molecule has 0 aliphatic carbocycles. The second-order valence-electron chi connectivity index (χ2n) is 13.7. The van der Waals surface area contributed by atoms with Crippen molar-refractivity contribution >= 4 is 54.5 Å². The highest BCUT2D eigenvalue weighted by atomic mass is 16.3. The third-order valence-electron chi connectivity index (χ3n) is 10.6. The van der Waals surface area contributed by atoms with E-state index in [9.17, 15) is 0 Å². The van der Waals surface area contributed by atoms with Gasteiger partial charge in [0.15, 0.2) is 5.82 Å². The maximum atomic E-state index is 6.49. The molecule has 4 heteroatoms. The Labute approximate surface area is 311 Å². The van der Waals surface area contributed by atoms with Gasteiger partial charge in [-0.05, 0) is 70.4 Å². The number of nitrogens with zero attached hydrogens (tertiary/aromatic N) is 3. The van der Waals surface area contributed by atoms with E-state index in [0.717, 1.165) is 61.1 Å². The van der Waals surface area contributed by atoms with Gasteiger partial charge in [0.2, 0.25) is 0 Å². The minimum absolute atomic E-state index is 0.671. The summed E-state index contributed by atoms with van der Waals surface area (Å²) >= 11 is 0. The number of fused-ring (bicyclic) bond motifs is 7. The fourth-order valence-corrected chi connectivity index (χ4v) is 8.16. The van der Waals surface area contributed by atoms with Crippen molar-refractivity contribution in [2.75, 3.05) is 0 Å². The van der Waals surface area contributed by atoms with Gasteiger partial charge >= 0.3 is 0 Å². The van der Waals surface area contributed by atoms with E-state index in [0.29, 0.717) is 5.82 Å². The minimum Gasteiger partial charge on any atom is -0.455 e. The fraction of sp³-hybridized carbons (Fsp3) is 0. The summed E-state index contributed by atoms with van der Waals surface area (Å²) in [6.45, 7) is 0. The van der Waals surface area contributed by atoms with E-state index in [1.165, 1.54) is 38.3 Å². The first kappa shape index (κ1) is 30.3. The fourth-order valence-electron chi connectivity index (χ4n) is 8.16. The van der Waals surface area contributed by atoms with Crippen molar-refractivity contribution in [1.82, 2.24) is 14.5 Å². The summed E-state index contributed by atoms with van der Waals surface area (Å²) in [5.41, 5.74) is 12.2. The molecule has 0 aliphatic heterocycles. The Kier molecular flexibility index (Phi) is 6.82. The van der Waals surface area contributed by atoms with Crippen LogP contribution in [-0.4, -0.2) is 14.5 Å². The molecule has 0 unspecified atom stereocenters. The molecular formula is C50H31N3O. The van der Waals surface area contributed by atoms with E-state index in [1.54, 1.807) is 0 Å². The van der Waals surface area contributed by atoms with Crippen molar-refractivity contribution < 1.29 is 4.42 Å². The van der Waals surface area contributed by atoms with Crippen LogP contribution in [0.1, 0.15) is 0 Å². The van der Waals surface area contributed by atoms with Gasteiger partial charge in [-0.15, -0.1) is 0 Å². The lowest BCUT2D eigenvalue weighted by molar-refractivity contribution is 0.670. The van der Waals surface area contributed by atoms with Gasteiger partial charge in [0.1, 0.15) is 11.2 Å². The molecule has 11 aromatic rings. The van der Waals surface area contributed by atoms with E-state index >= 15 is 0 Å². The Morgan fingerprint density at radius 2 is 0.981 bits per heavy atom. The molecule has 0 radical (unpaired) electrons. The second-order valence-corrected chi connectivity index (χ2v) is 13.7. The molecule has 252 valence electrons. The summed E-state index contributed by atoms with van der Waals surface area (Å²) in [6, 6.07) is 66.1. The molecule has 0 spiro atoms. The van der Waals surface area contributed by atoms with Gasteiger partial charge < -0.3 is 8.98 Å². The van der Waals surface area contributed by atoms with E-state index in [4.69, 9.17) is 14.4 Å². The molecule has 4 nitrogen and oxygen atoms in total. The third kappa shape index (κ3) is 4.78. The van der Waals surface area contributed by atoms with Gasteiger partial charge in [0.05, 0.1) is 22.4 Å². The molecule has 0 saturated heterocycles. The molecule has 0 amide bonds. The smallest absolute Gasteiger partial charge is 0.160 e. The highest BCUT2D eigenvalue weighted by Crippen LogP contribution is 2.41. The van der Waals surface area contributed by atoms with Gasteiger partial charge in [0.25, 0.3) is 0 Å². The van der Waals surface area contributed by atoms with Crippen LogP contribution in [-0.2, 0) is 0 Å². The first-order chi connectivity index (χ1) is 26.8. The van der Waals surface area contributed by atoms with Crippen molar-refractivity contribution in [1.29, 1.82) is 0 Å². The summed E-state index contributed by atoms with van der Waals surface area (Å²) in [4.78, 5) is 10.4. The first-order valence-electron chi connectivity index (χ1n) is 18.2. The zero-order valence-electron chi connectivity index (χ0n) is 29.1. The van der Waals surface area contributed by atoms with Crippen molar-refractivity contribution in [3.63, 3.8) is 0 Å². The standard InChI is InChI=1S/C50H31N3O/c1-3-14-32(15-4-1)50-51-44(31-45(52-50)42-23-13-22-41-40-21-10-12-25-48(40)54-49(41)42)38-28-27-35(36-18-7-8-19-37(36)38)33-26-29-47-43(30-33)39-20-9-11-24-46(39)53(47)34-16-5-2-6-17-34/h1-31H. The van der Waals surface area contributed by atoms with Gasteiger partial charge in [0, 0.05) is 43.9 Å². The van der Waals surface area contributed by atoms with Crippen LogP contribution in [0.3, 0.4) is 0 Å². The molecule has 0 aliphatic rings. The Balaban J connectivity index is 1.11. The molecule has 0 bridgehead atoms. The lowest BCUT2D eigenvalue weighted by Crippen LogP contribution is -1.97. The zero-order chi connectivity index (χ0) is 35.6. The van der Waals surface area contributed by atoms with Crippen LogP contribution >= 0.6 is 0 Å². The van der Waals surface area contributed by atoms with Gasteiger partial charge in [-0.1, -0.05) is 140 Å². The molecule has 0 saturated carbocycles. The van der Waals surface area contributed by atoms with E-state index in [1.807, 2.05) is 30.3 Å². The van der Waals surface area contributed by atoms with Crippen LogP contribution in [0.25, 0.3) is 105 Å². The second kappa shape index (κ2) is 12.1. The highest BCUT2D eigenvalue weighted by molar-refractivity contribution is 6.13. The van der Waals surface area contributed by atoms with Crippen LogP contribution in [0, 0.1) is 0 Å². The summed E-state index contributed by atoms with van der Waals surface area (Å²) < 4.78 is 8.85. The number of furan rings is 1. The third-order valence-corrected chi connectivity index (χ3v) is 10.6. The van der Waals surface area contributed by atoms with E-state index < -0.39 is 0 Å².